The lowest BCUT2D eigenvalue weighted by molar-refractivity contribution is -0.0250. The van der Waals surface area contributed by atoms with Crippen molar-refractivity contribution in [1.29, 1.82) is 0 Å². The van der Waals surface area contributed by atoms with Gasteiger partial charge in [-0.3, -0.25) is 4.99 Å². The highest BCUT2D eigenvalue weighted by molar-refractivity contribution is 14.0. The Bertz CT molecular complexity index is 495. The Morgan fingerprint density at radius 2 is 2.04 bits per heavy atom. The van der Waals surface area contributed by atoms with Crippen LogP contribution in [0.5, 0.6) is 0 Å². The van der Waals surface area contributed by atoms with Gasteiger partial charge in [-0.1, -0.05) is 43.7 Å². The Labute approximate surface area is 170 Å². The van der Waals surface area contributed by atoms with E-state index in [9.17, 15) is 0 Å². The van der Waals surface area contributed by atoms with Gasteiger partial charge in [-0.2, -0.15) is 0 Å². The molecule has 2 rings (SSSR count). The fraction of sp³-hybridized carbons (Fsp3) is 0.650. The lowest BCUT2D eigenvalue weighted by Crippen LogP contribution is -2.40. The third-order valence-corrected chi connectivity index (χ3v) is 4.59. The molecule has 0 saturated carbocycles. The summed E-state index contributed by atoms with van der Waals surface area (Å²) in [5.41, 5.74) is 1.28. The fourth-order valence-electron chi connectivity index (χ4n) is 3.22. The second kappa shape index (κ2) is 12.5. The fourth-order valence-corrected chi connectivity index (χ4v) is 3.22. The van der Waals surface area contributed by atoms with Crippen LogP contribution >= 0.6 is 24.0 Å². The maximum Gasteiger partial charge on any atom is 0.193 e. The number of benzene rings is 1. The first-order valence-electron chi connectivity index (χ1n) is 9.42. The first-order chi connectivity index (χ1) is 11.8. The highest BCUT2D eigenvalue weighted by Crippen LogP contribution is 2.33. The summed E-state index contributed by atoms with van der Waals surface area (Å²) in [5.74, 6) is 1.47. The molecule has 1 N–H and O–H groups in total. The van der Waals surface area contributed by atoms with Crippen molar-refractivity contribution in [2.45, 2.75) is 45.6 Å². The van der Waals surface area contributed by atoms with Gasteiger partial charge in [0, 0.05) is 39.2 Å². The van der Waals surface area contributed by atoms with Crippen LogP contribution in [-0.2, 0) is 4.74 Å². The van der Waals surface area contributed by atoms with Crippen molar-refractivity contribution in [3.63, 3.8) is 0 Å². The van der Waals surface area contributed by atoms with Gasteiger partial charge in [0.25, 0.3) is 0 Å². The molecule has 1 fully saturated rings. The van der Waals surface area contributed by atoms with E-state index in [4.69, 9.17) is 9.73 Å². The van der Waals surface area contributed by atoms with Crippen molar-refractivity contribution in [1.82, 2.24) is 10.2 Å². The molecule has 0 bridgehead atoms. The van der Waals surface area contributed by atoms with E-state index in [0.717, 1.165) is 38.6 Å². The molecule has 1 aliphatic heterocycles. The highest BCUT2D eigenvalue weighted by Gasteiger charge is 2.27. The summed E-state index contributed by atoms with van der Waals surface area (Å²) < 4.78 is 6.09. The van der Waals surface area contributed by atoms with E-state index in [1.807, 2.05) is 0 Å². The summed E-state index contributed by atoms with van der Waals surface area (Å²) in [6.45, 7) is 7.97. The molecular weight excluding hydrogens is 425 g/mol. The van der Waals surface area contributed by atoms with Crippen LogP contribution in [0.25, 0.3) is 0 Å². The van der Waals surface area contributed by atoms with Crippen LogP contribution in [0.4, 0.5) is 0 Å². The molecule has 1 saturated heterocycles. The van der Waals surface area contributed by atoms with Crippen LogP contribution in [0.2, 0.25) is 0 Å². The minimum atomic E-state index is 0. The van der Waals surface area contributed by atoms with E-state index in [0.29, 0.717) is 5.92 Å². The van der Waals surface area contributed by atoms with Crippen LogP contribution in [0.15, 0.2) is 35.3 Å². The van der Waals surface area contributed by atoms with Crippen molar-refractivity contribution in [3.05, 3.63) is 35.9 Å². The van der Waals surface area contributed by atoms with Gasteiger partial charge in [0.2, 0.25) is 0 Å². The molecule has 0 aliphatic carbocycles. The standard InChI is InChI=1S/C20H33N3O.HI/c1-4-6-14-23(3)20(21-5-2)22-16-18-13-10-15-24-19(18)17-11-8-7-9-12-17;/h7-9,11-12,18-19H,4-6,10,13-16H2,1-3H3,(H,21,22);1H. The second-order valence-corrected chi connectivity index (χ2v) is 6.57. The Morgan fingerprint density at radius 1 is 1.28 bits per heavy atom. The number of halogens is 1. The molecule has 0 spiro atoms. The first-order valence-corrected chi connectivity index (χ1v) is 9.42. The van der Waals surface area contributed by atoms with Gasteiger partial charge in [0.15, 0.2) is 5.96 Å². The molecule has 0 radical (unpaired) electrons. The third kappa shape index (κ3) is 7.13. The van der Waals surface area contributed by atoms with E-state index >= 15 is 0 Å². The average molecular weight is 459 g/mol. The number of aliphatic imine (C=N–C) groups is 1. The molecule has 5 heteroatoms. The predicted octanol–water partition coefficient (Wildman–Crippen LogP) is 4.47. The smallest absolute Gasteiger partial charge is 0.193 e. The quantitative estimate of drug-likeness (QED) is 0.372. The molecule has 1 aromatic rings. The molecule has 1 aliphatic rings. The van der Waals surface area contributed by atoms with Gasteiger partial charge in [0.1, 0.15) is 0 Å². The number of hydrogen-bond donors (Lipinski definition) is 1. The number of guanidine groups is 1. The Morgan fingerprint density at radius 3 is 2.72 bits per heavy atom. The van der Waals surface area contributed by atoms with Gasteiger partial charge in [-0.25, -0.2) is 0 Å². The molecule has 0 amide bonds. The third-order valence-electron chi connectivity index (χ3n) is 4.59. The van der Waals surface area contributed by atoms with E-state index < -0.39 is 0 Å². The zero-order chi connectivity index (χ0) is 17.2. The summed E-state index contributed by atoms with van der Waals surface area (Å²) in [5, 5.41) is 3.42. The van der Waals surface area contributed by atoms with Crippen LogP contribution in [0.1, 0.15) is 51.2 Å². The molecule has 25 heavy (non-hydrogen) atoms. The summed E-state index contributed by atoms with van der Waals surface area (Å²) in [4.78, 5) is 7.16. The number of nitrogens with zero attached hydrogens (tertiary/aromatic N) is 2. The lowest BCUT2D eigenvalue weighted by atomic mass is 9.89. The van der Waals surface area contributed by atoms with Gasteiger partial charge >= 0.3 is 0 Å². The van der Waals surface area contributed by atoms with Crippen molar-refractivity contribution < 1.29 is 4.74 Å². The summed E-state index contributed by atoms with van der Waals surface area (Å²) in [6, 6.07) is 10.6. The second-order valence-electron chi connectivity index (χ2n) is 6.57. The van der Waals surface area contributed by atoms with Gasteiger partial charge in [-0.15, -0.1) is 24.0 Å². The minimum absolute atomic E-state index is 0. The zero-order valence-electron chi connectivity index (χ0n) is 15.9. The number of unbranched alkanes of at least 4 members (excludes halogenated alkanes) is 1. The SMILES string of the molecule is CCCCN(C)C(=NCC1CCCOC1c1ccccc1)NCC.I. The van der Waals surface area contributed by atoms with Crippen molar-refractivity contribution in [2.24, 2.45) is 10.9 Å². The minimum Gasteiger partial charge on any atom is -0.373 e. The van der Waals surface area contributed by atoms with Crippen LogP contribution in [-0.4, -0.2) is 44.1 Å². The van der Waals surface area contributed by atoms with Crippen LogP contribution < -0.4 is 5.32 Å². The summed E-state index contributed by atoms with van der Waals surface area (Å²) in [7, 11) is 2.13. The van der Waals surface area contributed by atoms with Crippen molar-refractivity contribution >= 4 is 29.9 Å². The topological polar surface area (TPSA) is 36.9 Å². The molecule has 4 nitrogen and oxygen atoms in total. The van der Waals surface area contributed by atoms with E-state index in [-0.39, 0.29) is 30.1 Å². The molecule has 1 heterocycles. The largest absolute Gasteiger partial charge is 0.373 e. The first kappa shape index (κ1) is 22.2. The lowest BCUT2D eigenvalue weighted by Gasteiger charge is -2.32. The van der Waals surface area contributed by atoms with E-state index in [1.165, 1.54) is 24.8 Å². The van der Waals surface area contributed by atoms with Crippen LogP contribution in [0, 0.1) is 5.92 Å². The van der Waals surface area contributed by atoms with Gasteiger partial charge < -0.3 is 15.0 Å². The van der Waals surface area contributed by atoms with E-state index in [2.05, 4.69) is 61.4 Å². The zero-order valence-corrected chi connectivity index (χ0v) is 18.2. The predicted molar refractivity (Wildman–Crippen MR) is 117 cm³/mol. The molecule has 2 atom stereocenters. The molecular formula is C20H34IN3O. The molecule has 142 valence electrons. The average Bonchev–Trinajstić information content (AvgIpc) is 2.64. The molecule has 1 aromatic carbocycles. The maximum absolute atomic E-state index is 6.09. The van der Waals surface area contributed by atoms with Gasteiger partial charge in [0.05, 0.1) is 6.10 Å². The maximum atomic E-state index is 6.09. The highest BCUT2D eigenvalue weighted by atomic mass is 127. The normalized spacial score (nSPS) is 20.7. The number of hydrogen-bond acceptors (Lipinski definition) is 2. The monoisotopic (exact) mass is 459 g/mol. The Hall–Kier alpha value is -0.820. The van der Waals surface area contributed by atoms with Crippen molar-refractivity contribution in [2.75, 3.05) is 33.3 Å². The molecule has 2 unspecified atom stereocenters. The van der Waals surface area contributed by atoms with E-state index in [1.54, 1.807) is 0 Å². The summed E-state index contributed by atoms with van der Waals surface area (Å²) in [6.07, 6.45) is 4.89. The molecule has 0 aromatic heterocycles. The Balaban J connectivity index is 0.00000312. The van der Waals surface area contributed by atoms with Gasteiger partial charge in [-0.05, 0) is 31.7 Å². The van der Waals surface area contributed by atoms with Crippen LogP contribution in [0.3, 0.4) is 0 Å². The Kier molecular flexibility index (Phi) is 11.1. The van der Waals surface area contributed by atoms with Crippen molar-refractivity contribution in [3.8, 4) is 0 Å². The number of nitrogens with one attached hydrogen (secondary N) is 1. The summed E-state index contributed by atoms with van der Waals surface area (Å²) >= 11 is 0. The number of ether oxygens (including phenoxy) is 1. The number of rotatable bonds is 7.